The highest BCUT2D eigenvalue weighted by molar-refractivity contribution is 7.90. The number of hydrogen-bond donors (Lipinski definition) is 0. The predicted octanol–water partition coefficient (Wildman–Crippen LogP) is 4.73. The van der Waals surface area contributed by atoms with Gasteiger partial charge in [-0.05, 0) is 34.9 Å². The molecule has 120 valence electrons. The van der Waals surface area contributed by atoms with Crippen LogP contribution in [0.3, 0.4) is 0 Å². The molecule has 0 aliphatic rings. The van der Waals surface area contributed by atoms with E-state index in [2.05, 4.69) is 0 Å². The molecule has 0 aromatic heterocycles. The van der Waals surface area contributed by atoms with Crippen LogP contribution >= 0.6 is 0 Å². The van der Waals surface area contributed by atoms with Gasteiger partial charge in [0.1, 0.15) is 5.75 Å². The summed E-state index contributed by atoms with van der Waals surface area (Å²) in [5.74, 6) is 0.285. The van der Waals surface area contributed by atoms with Gasteiger partial charge in [-0.3, -0.25) is 0 Å². The van der Waals surface area contributed by atoms with Gasteiger partial charge < -0.3 is 4.18 Å². The minimum atomic E-state index is -3.79. The van der Waals surface area contributed by atoms with E-state index < -0.39 is 10.1 Å². The van der Waals surface area contributed by atoms with Crippen LogP contribution in [-0.4, -0.2) is 8.42 Å². The molecular formula is C20H16O3S. The molecule has 0 bridgehead atoms. The van der Waals surface area contributed by atoms with Crippen molar-refractivity contribution in [3.63, 3.8) is 0 Å². The lowest BCUT2D eigenvalue weighted by atomic mass is 10.1. The third kappa shape index (κ3) is 4.33. The smallest absolute Gasteiger partial charge is 0.332 e. The van der Waals surface area contributed by atoms with Gasteiger partial charge in [-0.25, -0.2) is 0 Å². The Hall–Kier alpha value is -2.85. The summed E-state index contributed by atoms with van der Waals surface area (Å²) < 4.78 is 29.1. The molecule has 0 saturated heterocycles. The van der Waals surface area contributed by atoms with Gasteiger partial charge in [0.15, 0.2) is 0 Å². The van der Waals surface area contributed by atoms with Crippen molar-refractivity contribution in [2.45, 2.75) is 0 Å². The third-order valence-corrected chi connectivity index (χ3v) is 4.29. The number of hydrogen-bond acceptors (Lipinski definition) is 3. The molecule has 0 heterocycles. The van der Waals surface area contributed by atoms with E-state index in [4.69, 9.17) is 4.18 Å². The van der Waals surface area contributed by atoms with E-state index in [1.165, 1.54) is 6.08 Å². The molecule has 0 unspecified atom stereocenters. The predicted molar refractivity (Wildman–Crippen MR) is 96.9 cm³/mol. The van der Waals surface area contributed by atoms with Crippen LogP contribution in [0.5, 0.6) is 5.75 Å². The Morgan fingerprint density at radius 3 is 1.83 bits per heavy atom. The molecule has 0 fully saturated rings. The molecule has 3 rings (SSSR count). The van der Waals surface area contributed by atoms with Gasteiger partial charge in [-0.2, -0.15) is 8.42 Å². The van der Waals surface area contributed by atoms with Crippen LogP contribution < -0.4 is 4.18 Å². The lowest BCUT2D eigenvalue weighted by Crippen LogP contribution is -2.04. The summed E-state index contributed by atoms with van der Waals surface area (Å²) >= 11 is 0. The normalized spacial score (nSPS) is 11.5. The van der Waals surface area contributed by atoms with Crippen LogP contribution in [-0.2, 0) is 10.1 Å². The Morgan fingerprint density at radius 1 is 0.667 bits per heavy atom. The minimum Gasteiger partial charge on any atom is -0.379 e. The molecule has 3 aromatic carbocycles. The molecule has 3 nitrogen and oxygen atoms in total. The Balaban J connectivity index is 1.72. The molecule has 24 heavy (non-hydrogen) atoms. The zero-order chi connectivity index (χ0) is 16.8. The van der Waals surface area contributed by atoms with E-state index in [9.17, 15) is 8.42 Å². The summed E-state index contributed by atoms with van der Waals surface area (Å²) in [5, 5.41) is 1.06. The van der Waals surface area contributed by atoms with Gasteiger partial charge in [-0.15, -0.1) is 0 Å². The van der Waals surface area contributed by atoms with Gasteiger partial charge in [0, 0.05) is 0 Å². The van der Waals surface area contributed by atoms with Crippen LogP contribution in [0, 0.1) is 0 Å². The van der Waals surface area contributed by atoms with Crippen molar-refractivity contribution in [2.24, 2.45) is 0 Å². The van der Waals surface area contributed by atoms with Crippen LogP contribution in [0.4, 0.5) is 0 Å². The average Bonchev–Trinajstić information content (AvgIpc) is 2.62. The fraction of sp³-hybridized carbons (Fsp3) is 0. The first-order valence-corrected chi connectivity index (χ1v) is 8.93. The lowest BCUT2D eigenvalue weighted by Gasteiger charge is -2.05. The first kappa shape index (κ1) is 16.0. The molecule has 0 radical (unpaired) electrons. The maximum absolute atomic E-state index is 12.0. The Labute approximate surface area is 142 Å². The van der Waals surface area contributed by atoms with Gasteiger partial charge in [0.05, 0.1) is 5.41 Å². The van der Waals surface area contributed by atoms with E-state index in [0.717, 1.165) is 22.1 Å². The lowest BCUT2D eigenvalue weighted by molar-refractivity contribution is 0.497. The largest absolute Gasteiger partial charge is 0.379 e. The van der Waals surface area contributed by atoms with Crippen molar-refractivity contribution in [1.29, 1.82) is 0 Å². The maximum atomic E-state index is 12.0. The standard InChI is InChI=1S/C20H16O3S/c21-24(22,16-15-17-7-3-1-4-8-17)23-20-13-11-19(12-14-20)18-9-5-2-6-10-18/h1-16H. The van der Waals surface area contributed by atoms with Gasteiger partial charge >= 0.3 is 10.1 Å². The molecular weight excluding hydrogens is 320 g/mol. The fourth-order valence-electron chi connectivity index (χ4n) is 2.22. The monoisotopic (exact) mass is 336 g/mol. The van der Waals surface area contributed by atoms with Gasteiger partial charge in [0.2, 0.25) is 0 Å². The Morgan fingerprint density at radius 2 is 1.21 bits per heavy atom. The number of benzene rings is 3. The molecule has 0 aliphatic carbocycles. The fourth-order valence-corrected chi connectivity index (χ4v) is 2.98. The highest BCUT2D eigenvalue weighted by atomic mass is 32.2. The van der Waals surface area contributed by atoms with E-state index in [1.807, 2.05) is 72.8 Å². The van der Waals surface area contributed by atoms with Crippen molar-refractivity contribution in [3.8, 4) is 16.9 Å². The zero-order valence-corrected chi connectivity index (χ0v) is 13.7. The third-order valence-electron chi connectivity index (χ3n) is 3.40. The molecule has 0 saturated carbocycles. The quantitative estimate of drug-likeness (QED) is 0.633. The number of rotatable bonds is 5. The molecule has 3 aromatic rings. The second-order valence-electron chi connectivity index (χ2n) is 5.18. The van der Waals surface area contributed by atoms with Crippen molar-refractivity contribution >= 4 is 16.2 Å². The molecule has 0 N–H and O–H groups in total. The summed E-state index contributed by atoms with van der Waals surface area (Å²) in [6, 6.07) is 26.0. The van der Waals surface area contributed by atoms with Gasteiger partial charge in [0.25, 0.3) is 0 Å². The van der Waals surface area contributed by atoms with E-state index in [1.54, 1.807) is 12.1 Å². The van der Waals surface area contributed by atoms with E-state index in [0.29, 0.717) is 0 Å². The molecule has 0 spiro atoms. The summed E-state index contributed by atoms with van der Waals surface area (Å²) in [6.45, 7) is 0. The summed E-state index contributed by atoms with van der Waals surface area (Å²) in [7, 11) is -3.79. The minimum absolute atomic E-state index is 0.285. The summed E-state index contributed by atoms with van der Waals surface area (Å²) in [5.41, 5.74) is 2.86. The van der Waals surface area contributed by atoms with E-state index >= 15 is 0 Å². The van der Waals surface area contributed by atoms with Crippen molar-refractivity contribution < 1.29 is 12.6 Å². The maximum Gasteiger partial charge on any atom is 0.332 e. The van der Waals surface area contributed by atoms with Crippen LogP contribution in [0.25, 0.3) is 17.2 Å². The Kier molecular flexibility index (Phi) is 4.77. The molecule has 0 atom stereocenters. The molecule has 0 amide bonds. The van der Waals surface area contributed by atoms with Crippen molar-refractivity contribution in [1.82, 2.24) is 0 Å². The Bertz CT molecular complexity index is 914. The summed E-state index contributed by atoms with van der Waals surface area (Å²) in [6.07, 6.45) is 1.51. The second kappa shape index (κ2) is 7.15. The van der Waals surface area contributed by atoms with Crippen LogP contribution in [0.15, 0.2) is 90.3 Å². The topological polar surface area (TPSA) is 43.4 Å². The van der Waals surface area contributed by atoms with Crippen LogP contribution in [0.2, 0.25) is 0 Å². The first-order chi connectivity index (χ1) is 11.6. The average molecular weight is 336 g/mol. The zero-order valence-electron chi connectivity index (χ0n) is 12.9. The second-order valence-corrected chi connectivity index (χ2v) is 6.60. The SMILES string of the molecule is O=S(=O)(C=Cc1ccccc1)Oc1ccc(-c2ccccc2)cc1. The highest BCUT2D eigenvalue weighted by Gasteiger charge is 2.08. The van der Waals surface area contributed by atoms with E-state index in [-0.39, 0.29) is 5.75 Å². The first-order valence-electron chi connectivity index (χ1n) is 7.45. The molecule has 0 aliphatic heterocycles. The van der Waals surface area contributed by atoms with Crippen LogP contribution in [0.1, 0.15) is 5.56 Å². The van der Waals surface area contributed by atoms with Gasteiger partial charge in [-0.1, -0.05) is 72.8 Å². The van der Waals surface area contributed by atoms with Crippen molar-refractivity contribution in [3.05, 3.63) is 95.9 Å². The molecule has 4 heteroatoms. The highest BCUT2D eigenvalue weighted by Crippen LogP contribution is 2.23. The summed E-state index contributed by atoms with van der Waals surface area (Å²) in [4.78, 5) is 0. The van der Waals surface area contributed by atoms with Crippen molar-refractivity contribution in [2.75, 3.05) is 0 Å².